The first kappa shape index (κ1) is 10.2. The molecule has 0 saturated heterocycles. The molecule has 1 heterocycles. The fourth-order valence-electron chi connectivity index (χ4n) is 0.836. The minimum atomic E-state index is -0.493. The maximum absolute atomic E-state index is 10.9. The number of carbonyl (C=O) groups is 1. The van der Waals surface area contributed by atoms with E-state index in [9.17, 15) is 4.79 Å². The summed E-state index contributed by atoms with van der Waals surface area (Å²) in [5, 5.41) is 1.97. The molecule has 13 heavy (non-hydrogen) atoms. The minimum absolute atomic E-state index is 0.337. The molecule has 0 radical (unpaired) electrons. The predicted molar refractivity (Wildman–Crippen MR) is 50.6 cm³/mol. The van der Waals surface area contributed by atoms with Crippen molar-refractivity contribution in [1.82, 2.24) is 0 Å². The average Bonchev–Trinajstić information content (AvgIpc) is 2.65. The monoisotopic (exact) mass is 200 g/mol. The number of ether oxygens (including phenoxy) is 2. The van der Waals surface area contributed by atoms with Crippen LogP contribution in [0.25, 0.3) is 0 Å². The Kier molecular flexibility index (Phi) is 3.92. The van der Waals surface area contributed by atoms with E-state index >= 15 is 0 Å². The summed E-state index contributed by atoms with van der Waals surface area (Å²) in [4.78, 5) is 12.0. The van der Waals surface area contributed by atoms with Crippen molar-refractivity contribution in [2.24, 2.45) is 0 Å². The molecule has 1 aromatic rings. The number of methoxy groups -OCH3 is 1. The Morgan fingerprint density at radius 3 is 3.00 bits per heavy atom. The van der Waals surface area contributed by atoms with Gasteiger partial charge in [-0.25, -0.2) is 4.79 Å². The molecule has 0 amide bonds. The summed E-state index contributed by atoms with van der Waals surface area (Å²) in [5.41, 5.74) is 0. The Bertz CT molecular complexity index is 256. The van der Waals surface area contributed by atoms with Crippen molar-refractivity contribution >= 4 is 17.3 Å². The maximum atomic E-state index is 10.9. The van der Waals surface area contributed by atoms with E-state index in [4.69, 9.17) is 4.74 Å². The number of rotatable bonds is 4. The third kappa shape index (κ3) is 3.16. The maximum Gasteiger partial charge on any atom is 0.334 e. The van der Waals surface area contributed by atoms with Gasteiger partial charge in [0, 0.05) is 4.88 Å². The molecule has 1 atom stereocenters. The van der Waals surface area contributed by atoms with Crippen LogP contribution in [0.1, 0.15) is 11.8 Å². The van der Waals surface area contributed by atoms with E-state index in [0.717, 1.165) is 4.88 Å². The molecule has 1 rings (SSSR count). The molecule has 1 aromatic heterocycles. The summed E-state index contributed by atoms with van der Waals surface area (Å²) in [6, 6.07) is 3.92. The van der Waals surface area contributed by atoms with Crippen LogP contribution in [0.5, 0.6) is 0 Å². The second-order valence-corrected chi connectivity index (χ2v) is 3.59. The van der Waals surface area contributed by atoms with Crippen LogP contribution in [0, 0.1) is 0 Å². The van der Waals surface area contributed by atoms with Gasteiger partial charge in [-0.15, -0.1) is 11.3 Å². The number of hydrogen-bond acceptors (Lipinski definition) is 4. The third-order valence-corrected chi connectivity index (χ3v) is 2.44. The van der Waals surface area contributed by atoms with Crippen LogP contribution in [0.15, 0.2) is 17.5 Å². The SMILES string of the molecule is COC(=O)[C@H](C)OCc1cccs1. The van der Waals surface area contributed by atoms with Gasteiger partial charge >= 0.3 is 5.97 Å². The molecule has 0 aromatic carbocycles. The molecule has 0 N–H and O–H groups in total. The fraction of sp³-hybridized carbons (Fsp3) is 0.444. The van der Waals surface area contributed by atoms with Crippen LogP contribution < -0.4 is 0 Å². The molecule has 0 bridgehead atoms. The van der Waals surface area contributed by atoms with E-state index in [-0.39, 0.29) is 5.97 Å². The molecule has 3 nitrogen and oxygen atoms in total. The Hall–Kier alpha value is -0.870. The van der Waals surface area contributed by atoms with Crippen molar-refractivity contribution in [1.29, 1.82) is 0 Å². The Morgan fingerprint density at radius 2 is 2.46 bits per heavy atom. The number of hydrogen-bond donors (Lipinski definition) is 0. The van der Waals surface area contributed by atoms with Crippen LogP contribution in [-0.2, 0) is 20.9 Å². The molecule has 0 aliphatic carbocycles. The molecule has 0 aliphatic heterocycles. The lowest BCUT2D eigenvalue weighted by molar-refractivity contribution is -0.153. The molecule has 72 valence electrons. The lowest BCUT2D eigenvalue weighted by Gasteiger charge is -2.09. The zero-order valence-electron chi connectivity index (χ0n) is 7.65. The van der Waals surface area contributed by atoms with Crippen molar-refractivity contribution < 1.29 is 14.3 Å². The smallest absolute Gasteiger partial charge is 0.334 e. The van der Waals surface area contributed by atoms with Crippen molar-refractivity contribution in [2.75, 3.05) is 7.11 Å². The van der Waals surface area contributed by atoms with E-state index in [1.165, 1.54) is 7.11 Å². The lowest BCUT2D eigenvalue weighted by atomic mass is 10.4. The standard InChI is InChI=1S/C9H12O3S/c1-7(9(10)11-2)12-6-8-4-3-5-13-8/h3-5,7H,6H2,1-2H3/t7-/m0/s1. The predicted octanol–water partition coefficient (Wildman–Crippen LogP) is 1.83. The topological polar surface area (TPSA) is 35.5 Å². The van der Waals surface area contributed by atoms with Gasteiger partial charge in [0.2, 0.25) is 0 Å². The Morgan fingerprint density at radius 1 is 1.69 bits per heavy atom. The second kappa shape index (κ2) is 4.99. The molecule has 0 saturated carbocycles. The van der Waals surface area contributed by atoms with Crippen LogP contribution in [-0.4, -0.2) is 19.2 Å². The Labute approximate surface area is 81.3 Å². The normalized spacial score (nSPS) is 12.5. The van der Waals surface area contributed by atoms with Gasteiger partial charge in [0.05, 0.1) is 13.7 Å². The molecular formula is C9H12O3S. The third-order valence-electron chi connectivity index (χ3n) is 1.59. The van der Waals surface area contributed by atoms with E-state index < -0.39 is 6.10 Å². The quantitative estimate of drug-likeness (QED) is 0.695. The summed E-state index contributed by atoms with van der Waals surface area (Å²) in [5.74, 6) is -0.337. The first-order valence-corrected chi connectivity index (χ1v) is 4.84. The largest absolute Gasteiger partial charge is 0.467 e. The molecule has 4 heteroatoms. The Balaban J connectivity index is 2.30. The van der Waals surface area contributed by atoms with Crippen LogP contribution in [0.3, 0.4) is 0 Å². The summed E-state index contributed by atoms with van der Waals surface area (Å²) in [7, 11) is 1.35. The van der Waals surface area contributed by atoms with Crippen LogP contribution >= 0.6 is 11.3 Å². The first-order valence-electron chi connectivity index (χ1n) is 3.96. The summed E-state index contributed by atoms with van der Waals surface area (Å²) < 4.78 is 9.80. The van der Waals surface area contributed by atoms with Crippen molar-refractivity contribution in [3.63, 3.8) is 0 Å². The van der Waals surface area contributed by atoms with Gasteiger partial charge in [0.15, 0.2) is 6.10 Å². The number of carbonyl (C=O) groups excluding carboxylic acids is 1. The summed E-state index contributed by atoms with van der Waals surface area (Å²) in [6.07, 6.45) is -0.493. The zero-order valence-corrected chi connectivity index (χ0v) is 8.47. The number of thiophene rings is 1. The van der Waals surface area contributed by atoms with Crippen molar-refractivity contribution in [3.05, 3.63) is 22.4 Å². The second-order valence-electron chi connectivity index (χ2n) is 2.56. The molecule has 0 unspecified atom stereocenters. The minimum Gasteiger partial charge on any atom is -0.467 e. The van der Waals surface area contributed by atoms with E-state index in [2.05, 4.69) is 4.74 Å². The van der Waals surface area contributed by atoms with Crippen molar-refractivity contribution in [3.8, 4) is 0 Å². The van der Waals surface area contributed by atoms with Gasteiger partial charge in [0.25, 0.3) is 0 Å². The van der Waals surface area contributed by atoms with Gasteiger partial charge in [-0.3, -0.25) is 0 Å². The first-order chi connectivity index (χ1) is 6.24. The highest BCUT2D eigenvalue weighted by molar-refractivity contribution is 7.09. The average molecular weight is 200 g/mol. The van der Waals surface area contributed by atoms with Gasteiger partial charge in [-0.2, -0.15) is 0 Å². The highest BCUT2D eigenvalue weighted by Gasteiger charge is 2.13. The van der Waals surface area contributed by atoms with Crippen LogP contribution in [0.4, 0.5) is 0 Å². The lowest BCUT2D eigenvalue weighted by Crippen LogP contribution is -2.21. The van der Waals surface area contributed by atoms with E-state index in [1.54, 1.807) is 18.3 Å². The fourth-order valence-corrected chi connectivity index (χ4v) is 1.46. The highest BCUT2D eigenvalue weighted by Crippen LogP contribution is 2.10. The molecular weight excluding hydrogens is 188 g/mol. The highest BCUT2D eigenvalue weighted by atomic mass is 32.1. The van der Waals surface area contributed by atoms with E-state index in [1.807, 2.05) is 17.5 Å². The molecule has 0 fully saturated rings. The summed E-state index contributed by atoms with van der Waals surface area (Å²) in [6.45, 7) is 2.15. The zero-order chi connectivity index (χ0) is 9.68. The van der Waals surface area contributed by atoms with Gasteiger partial charge in [-0.05, 0) is 18.4 Å². The van der Waals surface area contributed by atoms with Gasteiger partial charge in [0.1, 0.15) is 0 Å². The molecule has 0 spiro atoms. The number of esters is 1. The molecule has 0 aliphatic rings. The van der Waals surface area contributed by atoms with Gasteiger partial charge < -0.3 is 9.47 Å². The van der Waals surface area contributed by atoms with Crippen molar-refractivity contribution in [2.45, 2.75) is 19.6 Å². The van der Waals surface area contributed by atoms with Gasteiger partial charge in [-0.1, -0.05) is 6.07 Å². The van der Waals surface area contributed by atoms with E-state index in [0.29, 0.717) is 6.61 Å². The summed E-state index contributed by atoms with van der Waals surface area (Å²) >= 11 is 1.61. The van der Waals surface area contributed by atoms with Crippen LogP contribution in [0.2, 0.25) is 0 Å².